The van der Waals surface area contributed by atoms with Gasteiger partial charge in [0.15, 0.2) is 0 Å². The molecule has 0 fully saturated rings. The number of para-hydroxylation sites is 2. The third-order valence-corrected chi connectivity index (χ3v) is 2.51. The van der Waals surface area contributed by atoms with E-state index in [4.69, 9.17) is 9.15 Å². The van der Waals surface area contributed by atoms with Crippen LogP contribution in [0.15, 0.2) is 39.7 Å². The van der Waals surface area contributed by atoms with E-state index < -0.39 is 0 Å². The van der Waals surface area contributed by atoms with Crippen LogP contribution in [0.1, 0.15) is 17.1 Å². The fourth-order valence-electron chi connectivity index (χ4n) is 1.65. The van der Waals surface area contributed by atoms with E-state index in [1.807, 2.05) is 44.2 Å². The predicted molar refractivity (Wildman–Crippen MR) is 68.4 cm³/mol. The molecule has 88 valence electrons. The summed E-state index contributed by atoms with van der Waals surface area (Å²) < 4.78 is 10.7. The van der Waals surface area contributed by atoms with Gasteiger partial charge in [-0.1, -0.05) is 12.1 Å². The Bertz CT molecular complexity index is 541. The molecule has 0 atom stereocenters. The summed E-state index contributed by atoms with van der Waals surface area (Å²) in [5, 5.41) is 0. The summed E-state index contributed by atoms with van der Waals surface area (Å²) in [5.74, 6) is 2.53. The predicted octanol–water partition coefficient (Wildman–Crippen LogP) is 3.66. The van der Waals surface area contributed by atoms with Crippen LogP contribution in [-0.2, 0) is 0 Å². The van der Waals surface area contributed by atoms with Crippen LogP contribution in [-0.4, -0.2) is 13.3 Å². The number of hydrogen-bond acceptors (Lipinski definition) is 3. The second-order valence-electron chi connectivity index (χ2n) is 3.80. The zero-order valence-electron chi connectivity index (χ0n) is 10.2. The molecule has 3 heteroatoms. The molecular weight excluding hydrogens is 214 g/mol. The molecule has 0 saturated carbocycles. The highest BCUT2D eigenvalue weighted by molar-refractivity contribution is 5.83. The van der Waals surface area contributed by atoms with Gasteiger partial charge in [0.2, 0.25) is 0 Å². The highest BCUT2D eigenvalue weighted by atomic mass is 16.5. The Kier molecular flexibility index (Phi) is 3.28. The molecule has 0 aliphatic heterocycles. The average Bonchev–Trinajstić information content (AvgIpc) is 2.65. The Balaban J connectivity index is 2.29. The van der Waals surface area contributed by atoms with E-state index in [1.165, 1.54) is 0 Å². The Labute approximate surface area is 101 Å². The highest BCUT2D eigenvalue weighted by Gasteiger charge is 2.02. The summed E-state index contributed by atoms with van der Waals surface area (Å²) in [5.41, 5.74) is 1.81. The van der Waals surface area contributed by atoms with Gasteiger partial charge in [-0.15, -0.1) is 0 Å². The van der Waals surface area contributed by atoms with Gasteiger partial charge in [0, 0.05) is 11.8 Å². The molecule has 0 spiro atoms. The number of aryl methyl sites for hydroxylation is 2. The molecule has 0 unspecified atom stereocenters. The lowest BCUT2D eigenvalue weighted by atomic mass is 10.2. The van der Waals surface area contributed by atoms with Crippen molar-refractivity contribution in [2.45, 2.75) is 13.8 Å². The first-order valence-electron chi connectivity index (χ1n) is 5.45. The maximum absolute atomic E-state index is 5.44. The fourth-order valence-corrected chi connectivity index (χ4v) is 1.65. The summed E-state index contributed by atoms with van der Waals surface area (Å²) in [6, 6.07) is 9.62. The van der Waals surface area contributed by atoms with Gasteiger partial charge in [0.25, 0.3) is 0 Å². The first kappa shape index (κ1) is 11.5. The van der Waals surface area contributed by atoms with Crippen molar-refractivity contribution in [3.8, 4) is 5.75 Å². The molecule has 0 saturated heterocycles. The van der Waals surface area contributed by atoms with Gasteiger partial charge >= 0.3 is 0 Å². The summed E-state index contributed by atoms with van der Waals surface area (Å²) in [6.07, 6.45) is 1.80. The molecular formula is C14H15NO2. The summed E-state index contributed by atoms with van der Waals surface area (Å²) in [7, 11) is 1.64. The van der Waals surface area contributed by atoms with Crippen LogP contribution < -0.4 is 4.74 Å². The Morgan fingerprint density at radius 3 is 2.65 bits per heavy atom. The number of methoxy groups -OCH3 is 1. The minimum absolute atomic E-state index is 0.765. The number of furan rings is 1. The number of aliphatic imine (C=N–C) groups is 1. The average molecular weight is 229 g/mol. The van der Waals surface area contributed by atoms with Crippen molar-refractivity contribution in [2.24, 2.45) is 4.99 Å². The topological polar surface area (TPSA) is 34.7 Å². The molecule has 0 bridgehead atoms. The van der Waals surface area contributed by atoms with E-state index >= 15 is 0 Å². The van der Waals surface area contributed by atoms with Crippen molar-refractivity contribution in [3.05, 3.63) is 47.4 Å². The van der Waals surface area contributed by atoms with E-state index in [0.29, 0.717) is 0 Å². The van der Waals surface area contributed by atoms with Gasteiger partial charge in [0.1, 0.15) is 23.0 Å². The van der Waals surface area contributed by atoms with Crippen LogP contribution in [0.4, 0.5) is 5.69 Å². The van der Waals surface area contributed by atoms with Crippen molar-refractivity contribution >= 4 is 11.9 Å². The molecule has 1 heterocycles. The molecule has 2 aromatic rings. The van der Waals surface area contributed by atoms with Crippen molar-refractivity contribution in [1.29, 1.82) is 0 Å². The zero-order valence-corrected chi connectivity index (χ0v) is 10.2. The van der Waals surface area contributed by atoms with E-state index in [1.54, 1.807) is 13.3 Å². The highest BCUT2D eigenvalue weighted by Crippen LogP contribution is 2.26. The normalized spacial score (nSPS) is 11.0. The van der Waals surface area contributed by atoms with Gasteiger partial charge in [-0.3, -0.25) is 4.99 Å². The number of ether oxygens (including phenoxy) is 1. The zero-order chi connectivity index (χ0) is 12.3. The lowest BCUT2D eigenvalue weighted by Gasteiger charge is -2.02. The maximum Gasteiger partial charge on any atom is 0.144 e. The van der Waals surface area contributed by atoms with Crippen molar-refractivity contribution in [2.75, 3.05) is 7.11 Å². The second kappa shape index (κ2) is 4.87. The van der Waals surface area contributed by atoms with Crippen LogP contribution in [0.5, 0.6) is 5.75 Å². The minimum atomic E-state index is 0.765. The number of nitrogens with zero attached hydrogens (tertiary/aromatic N) is 1. The van der Waals surface area contributed by atoms with Crippen LogP contribution in [0.3, 0.4) is 0 Å². The third kappa shape index (κ3) is 2.56. The summed E-state index contributed by atoms with van der Waals surface area (Å²) >= 11 is 0. The molecule has 1 aromatic carbocycles. The minimum Gasteiger partial charge on any atom is -0.494 e. The molecule has 0 aliphatic carbocycles. The smallest absolute Gasteiger partial charge is 0.144 e. The molecule has 3 nitrogen and oxygen atoms in total. The molecule has 1 aromatic heterocycles. The molecule has 0 aliphatic rings. The first-order chi connectivity index (χ1) is 8.20. The van der Waals surface area contributed by atoms with Crippen molar-refractivity contribution in [3.63, 3.8) is 0 Å². The summed E-state index contributed by atoms with van der Waals surface area (Å²) in [6.45, 7) is 3.85. The fraction of sp³-hybridized carbons (Fsp3) is 0.214. The molecule has 0 radical (unpaired) electrons. The van der Waals surface area contributed by atoms with Gasteiger partial charge in [0.05, 0.1) is 7.11 Å². The van der Waals surface area contributed by atoms with E-state index in [-0.39, 0.29) is 0 Å². The van der Waals surface area contributed by atoms with Crippen molar-refractivity contribution < 1.29 is 9.15 Å². The molecule has 2 rings (SSSR count). The lowest BCUT2D eigenvalue weighted by molar-refractivity contribution is 0.416. The van der Waals surface area contributed by atoms with Crippen LogP contribution in [0, 0.1) is 13.8 Å². The Morgan fingerprint density at radius 2 is 2.00 bits per heavy atom. The largest absolute Gasteiger partial charge is 0.494 e. The van der Waals surface area contributed by atoms with Crippen LogP contribution >= 0.6 is 0 Å². The molecule has 17 heavy (non-hydrogen) atoms. The SMILES string of the molecule is COc1ccccc1N=Cc1cc(C)oc1C. The van der Waals surface area contributed by atoms with E-state index in [9.17, 15) is 0 Å². The monoisotopic (exact) mass is 229 g/mol. The van der Waals surface area contributed by atoms with Crippen LogP contribution in [0.2, 0.25) is 0 Å². The van der Waals surface area contributed by atoms with E-state index in [0.717, 1.165) is 28.5 Å². The van der Waals surface area contributed by atoms with Gasteiger partial charge < -0.3 is 9.15 Å². The van der Waals surface area contributed by atoms with Crippen LogP contribution in [0.25, 0.3) is 0 Å². The quantitative estimate of drug-likeness (QED) is 0.753. The molecule has 0 amide bonds. The molecule has 0 N–H and O–H groups in total. The number of benzene rings is 1. The van der Waals surface area contributed by atoms with Crippen molar-refractivity contribution in [1.82, 2.24) is 0 Å². The van der Waals surface area contributed by atoms with Gasteiger partial charge in [-0.2, -0.15) is 0 Å². The Morgan fingerprint density at radius 1 is 1.24 bits per heavy atom. The number of rotatable bonds is 3. The van der Waals surface area contributed by atoms with E-state index in [2.05, 4.69) is 4.99 Å². The summed E-state index contributed by atoms with van der Waals surface area (Å²) in [4.78, 5) is 4.41. The second-order valence-corrected chi connectivity index (χ2v) is 3.80. The van der Waals surface area contributed by atoms with Gasteiger partial charge in [-0.05, 0) is 32.0 Å². The van der Waals surface area contributed by atoms with Gasteiger partial charge in [-0.25, -0.2) is 0 Å². The maximum atomic E-state index is 5.44. The lowest BCUT2D eigenvalue weighted by Crippen LogP contribution is -1.84. The Hall–Kier alpha value is -2.03. The first-order valence-corrected chi connectivity index (χ1v) is 5.45. The standard InChI is InChI=1S/C14H15NO2/c1-10-8-12(11(2)17-10)9-15-13-6-4-5-7-14(13)16-3/h4-9H,1-3H3. The number of hydrogen-bond donors (Lipinski definition) is 0. The third-order valence-electron chi connectivity index (χ3n) is 2.51.